The monoisotopic (exact) mass is 255 g/mol. The first kappa shape index (κ1) is 12.5. The largest absolute Gasteiger partial charge is 0.454 e. The summed E-state index contributed by atoms with van der Waals surface area (Å²) in [4.78, 5) is 14.1. The van der Waals surface area contributed by atoms with Crippen LogP contribution in [0.15, 0.2) is 36.5 Å². The Balaban J connectivity index is 2.41. The Labute approximate surface area is 109 Å². The second-order valence-corrected chi connectivity index (χ2v) is 3.77. The van der Waals surface area contributed by atoms with Crippen LogP contribution in [0.3, 0.4) is 0 Å². The van der Waals surface area contributed by atoms with Gasteiger partial charge in [-0.1, -0.05) is 0 Å². The molecule has 0 amide bonds. The Morgan fingerprint density at radius 3 is 2.84 bits per heavy atom. The van der Waals surface area contributed by atoms with Gasteiger partial charge in [0.2, 0.25) is 0 Å². The van der Waals surface area contributed by atoms with Gasteiger partial charge in [-0.15, -0.1) is 0 Å². The van der Waals surface area contributed by atoms with Crippen molar-refractivity contribution in [2.45, 2.75) is 6.92 Å². The fourth-order valence-corrected chi connectivity index (χ4v) is 1.49. The number of ether oxygens (including phenoxy) is 1. The van der Waals surface area contributed by atoms with E-state index in [1.165, 1.54) is 18.3 Å². The number of pyridine rings is 1. The molecular weight excluding hydrogens is 246 g/mol. The maximum absolute atomic E-state index is 10.7. The number of benzene rings is 1. The van der Waals surface area contributed by atoms with Crippen LogP contribution in [-0.2, 0) is 0 Å². The molecule has 0 unspecified atom stereocenters. The lowest BCUT2D eigenvalue weighted by Crippen LogP contribution is -1.94. The van der Waals surface area contributed by atoms with Gasteiger partial charge in [0.15, 0.2) is 11.4 Å². The molecule has 0 atom stereocenters. The SMILES string of the molecule is Cc1ccc([N+](=O)[O-])cc1Oc1cccnc1C#N. The van der Waals surface area contributed by atoms with E-state index in [1.54, 1.807) is 25.1 Å². The minimum absolute atomic E-state index is 0.0667. The second-order valence-electron chi connectivity index (χ2n) is 3.77. The first-order valence-electron chi connectivity index (χ1n) is 5.40. The minimum atomic E-state index is -0.499. The Bertz CT molecular complexity index is 677. The van der Waals surface area contributed by atoms with Crippen molar-refractivity contribution < 1.29 is 9.66 Å². The van der Waals surface area contributed by atoms with Crippen LogP contribution in [0.2, 0.25) is 0 Å². The molecule has 0 radical (unpaired) electrons. The topological polar surface area (TPSA) is 89.1 Å². The van der Waals surface area contributed by atoms with E-state index < -0.39 is 4.92 Å². The Hall–Kier alpha value is -2.94. The molecule has 0 saturated carbocycles. The first-order chi connectivity index (χ1) is 9.11. The predicted octanol–water partition coefficient (Wildman–Crippen LogP) is 2.96. The third kappa shape index (κ3) is 2.66. The first-order valence-corrected chi connectivity index (χ1v) is 5.40. The number of hydrogen-bond acceptors (Lipinski definition) is 5. The number of hydrogen-bond donors (Lipinski definition) is 0. The van der Waals surface area contributed by atoms with Gasteiger partial charge in [-0.05, 0) is 30.7 Å². The van der Waals surface area contributed by atoms with Crippen LogP contribution in [-0.4, -0.2) is 9.91 Å². The molecule has 19 heavy (non-hydrogen) atoms. The fraction of sp³-hybridized carbons (Fsp3) is 0.0769. The zero-order valence-electron chi connectivity index (χ0n) is 10.0. The minimum Gasteiger partial charge on any atom is -0.454 e. The van der Waals surface area contributed by atoms with Crippen molar-refractivity contribution in [2.24, 2.45) is 0 Å². The van der Waals surface area contributed by atoms with Crippen molar-refractivity contribution in [1.29, 1.82) is 5.26 Å². The summed E-state index contributed by atoms with van der Waals surface area (Å²) < 4.78 is 5.53. The highest BCUT2D eigenvalue weighted by Crippen LogP contribution is 2.29. The molecule has 94 valence electrons. The Morgan fingerprint density at radius 2 is 2.16 bits per heavy atom. The van der Waals surface area contributed by atoms with Gasteiger partial charge in [-0.25, -0.2) is 4.98 Å². The summed E-state index contributed by atoms with van der Waals surface area (Å²) in [6.45, 7) is 1.77. The molecule has 0 N–H and O–H groups in total. The highest BCUT2D eigenvalue weighted by atomic mass is 16.6. The Morgan fingerprint density at radius 1 is 1.37 bits per heavy atom. The summed E-state index contributed by atoms with van der Waals surface area (Å²) in [6, 6.07) is 9.43. The zero-order chi connectivity index (χ0) is 13.8. The van der Waals surface area contributed by atoms with E-state index in [4.69, 9.17) is 10.00 Å². The van der Waals surface area contributed by atoms with Crippen molar-refractivity contribution in [2.75, 3.05) is 0 Å². The summed E-state index contributed by atoms with van der Waals surface area (Å²) in [7, 11) is 0. The average molecular weight is 255 g/mol. The number of aromatic nitrogens is 1. The lowest BCUT2D eigenvalue weighted by atomic mass is 10.2. The molecule has 0 spiro atoms. The highest BCUT2D eigenvalue weighted by molar-refractivity contribution is 5.47. The zero-order valence-corrected chi connectivity index (χ0v) is 10.0. The van der Waals surface area contributed by atoms with Crippen molar-refractivity contribution in [3.63, 3.8) is 0 Å². The number of nitrogens with zero attached hydrogens (tertiary/aromatic N) is 3. The highest BCUT2D eigenvalue weighted by Gasteiger charge is 2.12. The van der Waals surface area contributed by atoms with Gasteiger partial charge in [-0.3, -0.25) is 10.1 Å². The van der Waals surface area contributed by atoms with Crippen molar-refractivity contribution in [3.05, 3.63) is 57.9 Å². The van der Waals surface area contributed by atoms with E-state index in [2.05, 4.69) is 4.98 Å². The summed E-state index contributed by atoms with van der Waals surface area (Å²) in [6.07, 6.45) is 1.48. The van der Waals surface area contributed by atoms with E-state index in [-0.39, 0.29) is 17.1 Å². The molecule has 0 aliphatic carbocycles. The normalized spacial score (nSPS) is 9.68. The van der Waals surface area contributed by atoms with Crippen LogP contribution < -0.4 is 4.74 Å². The van der Waals surface area contributed by atoms with E-state index in [0.29, 0.717) is 5.75 Å². The summed E-state index contributed by atoms with van der Waals surface area (Å²) >= 11 is 0. The van der Waals surface area contributed by atoms with Gasteiger partial charge >= 0.3 is 0 Å². The molecule has 1 aromatic heterocycles. The van der Waals surface area contributed by atoms with Crippen LogP contribution in [0.25, 0.3) is 0 Å². The third-order valence-electron chi connectivity index (χ3n) is 2.48. The van der Waals surface area contributed by atoms with Crippen LogP contribution >= 0.6 is 0 Å². The summed E-state index contributed by atoms with van der Waals surface area (Å²) in [5, 5.41) is 19.6. The quantitative estimate of drug-likeness (QED) is 0.621. The molecule has 0 bridgehead atoms. The van der Waals surface area contributed by atoms with Gasteiger partial charge in [0.25, 0.3) is 5.69 Å². The molecule has 0 aliphatic rings. The van der Waals surface area contributed by atoms with Crippen molar-refractivity contribution in [1.82, 2.24) is 4.98 Å². The van der Waals surface area contributed by atoms with Crippen LogP contribution in [0, 0.1) is 28.4 Å². The molecule has 1 heterocycles. The molecule has 1 aromatic carbocycles. The summed E-state index contributed by atoms with van der Waals surface area (Å²) in [5.74, 6) is 0.604. The second kappa shape index (κ2) is 5.14. The molecule has 0 fully saturated rings. The van der Waals surface area contributed by atoms with Crippen LogP contribution in [0.5, 0.6) is 11.5 Å². The van der Waals surface area contributed by atoms with Gasteiger partial charge < -0.3 is 4.74 Å². The standard InChI is InChI=1S/C13H9N3O3/c1-9-4-5-10(16(17)18)7-13(9)19-12-3-2-6-15-11(12)8-14/h2-7H,1H3. The fourth-order valence-electron chi connectivity index (χ4n) is 1.49. The van der Waals surface area contributed by atoms with E-state index >= 15 is 0 Å². The van der Waals surface area contributed by atoms with Crippen molar-refractivity contribution >= 4 is 5.69 Å². The molecule has 0 aliphatic heterocycles. The average Bonchev–Trinajstić information content (AvgIpc) is 2.41. The molecule has 0 saturated heterocycles. The molecule has 2 rings (SSSR count). The molecule has 6 nitrogen and oxygen atoms in total. The molecule has 2 aromatic rings. The maximum atomic E-state index is 10.7. The number of nitro benzene ring substituents is 1. The van der Waals surface area contributed by atoms with Crippen LogP contribution in [0.1, 0.15) is 11.3 Å². The van der Waals surface area contributed by atoms with E-state index in [0.717, 1.165) is 5.56 Å². The van der Waals surface area contributed by atoms with Crippen LogP contribution in [0.4, 0.5) is 5.69 Å². The number of aryl methyl sites for hydroxylation is 1. The van der Waals surface area contributed by atoms with Gasteiger partial charge in [-0.2, -0.15) is 5.26 Å². The number of rotatable bonds is 3. The number of non-ortho nitro benzene ring substituents is 1. The third-order valence-corrected chi connectivity index (χ3v) is 2.48. The van der Waals surface area contributed by atoms with Gasteiger partial charge in [0, 0.05) is 12.3 Å². The smallest absolute Gasteiger partial charge is 0.273 e. The lowest BCUT2D eigenvalue weighted by molar-refractivity contribution is -0.384. The van der Waals surface area contributed by atoms with Gasteiger partial charge in [0.05, 0.1) is 11.0 Å². The molecule has 6 heteroatoms. The van der Waals surface area contributed by atoms with E-state index in [9.17, 15) is 10.1 Å². The Kier molecular flexibility index (Phi) is 3.39. The number of nitro groups is 1. The van der Waals surface area contributed by atoms with E-state index in [1.807, 2.05) is 6.07 Å². The van der Waals surface area contributed by atoms with Gasteiger partial charge in [0.1, 0.15) is 11.8 Å². The molecular formula is C13H9N3O3. The van der Waals surface area contributed by atoms with Crippen molar-refractivity contribution in [3.8, 4) is 17.6 Å². The maximum Gasteiger partial charge on any atom is 0.273 e. The lowest BCUT2D eigenvalue weighted by Gasteiger charge is -2.08. The number of nitriles is 1. The summed E-state index contributed by atoms with van der Waals surface area (Å²) in [5.41, 5.74) is 0.801. The predicted molar refractivity (Wildman–Crippen MR) is 66.9 cm³/mol.